The molecule has 22 heavy (non-hydrogen) atoms. The van der Waals surface area contributed by atoms with Crippen LogP contribution in [-0.4, -0.2) is 22.3 Å². The molecule has 0 aliphatic rings. The molecule has 3 nitrogen and oxygen atoms in total. The Morgan fingerprint density at radius 2 is 1.45 bits per heavy atom. The van der Waals surface area contributed by atoms with Gasteiger partial charge >= 0.3 is 147 Å². The van der Waals surface area contributed by atoms with Crippen LogP contribution >= 0.6 is 0 Å². The molecule has 0 amide bonds. The number of unbranched alkanes of at least 4 members (excludes halogenated alkanes) is 7. The van der Waals surface area contributed by atoms with E-state index in [-0.39, 0.29) is 6.10 Å². The third-order valence-electron chi connectivity index (χ3n) is 4.30. The SMILES string of the molecule is CCCCCCC(O)CC[CH]([Zn])CCCCCCCC(=O)O. The second-order valence-corrected chi connectivity index (χ2v) is 9.07. The van der Waals surface area contributed by atoms with Crippen molar-refractivity contribution in [2.75, 3.05) is 0 Å². The Labute approximate surface area is 146 Å². The van der Waals surface area contributed by atoms with Gasteiger partial charge < -0.3 is 0 Å². The third-order valence-corrected chi connectivity index (χ3v) is 6.02. The Morgan fingerprint density at radius 1 is 0.864 bits per heavy atom. The Hall–Kier alpha value is 0.0534. The van der Waals surface area contributed by atoms with Gasteiger partial charge in [-0.3, -0.25) is 0 Å². The number of rotatable bonds is 16. The third kappa shape index (κ3) is 16.4. The maximum absolute atomic E-state index is 10.4. The van der Waals surface area contributed by atoms with Crippen LogP contribution < -0.4 is 0 Å². The van der Waals surface area contributed by atoms with Crippen molar-refractivity contribution in [3.8, 4) is 0 Å². The summed E-state index contributed by atoms with van der Waals surface area (Å²) in [6.45, 7) is 2.22. The number of carboxylic acids is 1. The first-order valence-electron chi connectivity index (χ1n) is 9.29. The van der Waals surface area contributed by atoms with E-state index < -0.39 is 5.97 Å². The fraction of sp³-hybridized carbons (Fsp3) is 0.944. The second kappa shape index (κ2) is 15.9. The minimum atomic E-state index is -0.674. The molecule has 2 N–H and O–H groups in total. The predicted molar refractivity (Wildman–Crippen MR) is 87.7 cm³/mol. The van der Waals surface area contributed by atoms with Gasteiger partial charge in [-0.2, -0.15) is 0 Å². The van der Waals surface area contributed by atoms with Crippen LogP contribution in [-0.2, 0) is 23.1 Å². The Morgan fingerprint density at radius 3 is 2.14 bits per heavy atom. The predicted octanol–water partition coefficient (Wildman–Crippen LogP) is 5.25. The fourth-order valence-corrected chi connectivity index (χ4v) is 3.86. The molecule has 0 aliphatic carbocycles. The van der Waals surface area contributed by atoms with Gasteiger partial charge in [0.15, 0.2) is 0 Å². The van der Waals surface area contributed by atoms with Gasteiger partial charge in [-0.1, -0.05) is 0 Å². The molecule has 2 unspecified atom stereocenters. The molecule has 0 saturated carbocycles. The van der Waals surface area contributed by atoms with Crippen LogP contribution in [0.5, 0.6) is 0 Å². The van der Waals surface area contributed by atoms with Gasteiger partial charge in [0.2, 0.25) is 0 Å². The summed E-state index contributed by atoms with van der Waals surface area (Å²) >= 11 is 1.33. The van der Waals surface area contributed by atoms with Crippen LogP contribution in [0.15, 0.2) is 0 Å². The molecule has 0 rings (SSSR count). The summed E-state index contributed by atoms with van der Waals surface area (Å²) in [4.78, 5) is 10.4. The number of hydrogen-bond acceptors (Lipinski definition) is 2. The summed E-state index contributed by atoms with van der Waals surface area (Å²) in [5.41, 5.74) is 0. The van der Waals surface area contributed by atoms with Gasteiger partial charge in [0.05, 0.1) is 0 Å². The first kappa shape index (κ1) is 22.1. The molecule has 0 aliphatic heterocycles. The minimum absolute atomic E-state index is 0.0816. The van der Waals surface area contributed by atoms with Gasteiger partial charge in [0.1, 0.15) is 0 Å². The average molecular weight is 365 g/mol. The number of aliphatic hydroxyl groups is 1. The molecule has 2 atom stereocenters. The van der Waals surface area contributed by atoms with E-state index in [1.165, 1.54) is 76.1 Å². The first-order chi connectivity index (χ1) is 10.6. The second-order valence-electron chi connectivity index (χ2n) is 6.65. The summed E-state index contributed by atoms with van der Waals surface area (Å²) in [6, 6.07) is 0. The van der Waals surface area contributed by atoms with Crippen molar-refractivity contribution in [2.24, 2.45) is 0 Å². The molecule has 0 radical (unpaired) electrons. The normalized spacial score (nSPS) is 14.0. The van der Waals surface area contributed by atoms with Crippen LogP contribution in [0.1, 0.15) is 96.8 Å². The zero-order valence-corrected chi connectivity index (χ0v) is 17.5. The van der Waals surface area contributed by atoms with E-state index in [9.17, 15) is 9.90 Å². The number of aliphatic carboxylic acids is 1. The molecule has 0 aromatic heterocycles. The van der Waals surface area contributed by atoms with E-state index in [1.807, 2.05) is 0 Å². The van der Waals surface area contributed by atoms with Crippen molar-refractivity contribution in [1.82, 2.24) is 0 Å². The van der Waals surface area contributed by atoms with E-state index in [1.54, 1.807) is 0 Å². The van der Waals surface area contributed by atoms with E-state index in [0.717, 1.165) is 30.2 Å². The fourth-order valence-electron chi connectivity index (χ4n) is 2.76. The number of carboxylic acid groups (broad SMARTS) is 1. The molecule has 0 fully saturated rings. The Kier molecular flexibility index (Phi) is 16.0. The molecule has 0 spiro atoms. The quantitative estimate of drug-likeness (QED) is 0.290. The van der Waals surface area contributed by atoms with Crippen molar-refractivity contribution in [3.05, 3.63) is 0 Å². The zero-order chi connectivity index (χ0) is 16.6. The number of carbonyl (C=O) groups is 1. The van der Waals surface area contributed by atoms with Gasteiger partial charge in [-0.25, -0.2) is 0 Å². The average Bonchev–Trinajstić information content (AvgIpc) is 2.48. The summed E-state index contributed by atoms with van der Waals surface area (Å²) in [5, 5.41) is 18.5. The van der Waals surface area contributed by atoms with E-state index in [2.05, 4.69) is 6.92 Å². The van der Waals surface area contributed by atoms with Crippen LogP contribution in [0.3, 0.4) is 0 Å². The molecule has 0 aromatic rings. The van der Waals surface area contributed by atoms with Crippen LogP contribution in [0.4, 0.5) is 0 Å². The van der Waals surface area contributed by atoms with Crippen LogP contribution in [0.25, 0.3) is 0 Å². The number of aliphatic hydroxyl groups excluding tert-OH is 1. The van der Waals surface area contributed by atoms with Gasteiger partial charge in [0.25, 0.3) is 0 Å². The zero-order valence-electron chi connectivity index (χ0n) is 14.6. The van der Waals surface area contributed by atoms with Crippen LogP contribution in [0, 0.1) is 0 Å². The molecular weight excluding hydrogens is 330 g/mol. The van der Waals surface area contributed by atoms with Gasteiger partial charge in [-0.15, -0.1) is 0 Å². The topological polar surface area (TPSA) is 57.5 Å². The summed E-state index contributed by atoms with van der Waals surface area (Å²) in [5.74, 6) is -0.674. The Balaban J connectivity index is 3.34. The van der Waals surface area contributed by atoms with Crippen molar-refractivity contribution < 1.29 is 33.3 Å². The Bertz CT molecular complexity index is 259. The van der Waals surface area contributed by atoms with Crippen molar-refractivity contribution in [1.29, 1.82) is 0 Å². The van der Waals surface area contributed by atoms with Crippen molar-refractivity contribution in [3.63, 3.8) is 0 Å². The maximum atomic E-state index is 10.4. The van der Waals surface area contributed by atoms with Crippen molar-refractivity contribution >= 4 is 5.97 Å². The molecule has 0 heterocycles. The molecule has 0 aromatic carbocycles. The summed E-state index contributed by atoms with van der Waals surface area (Å²) < 4.78 is 0.823. The molecular formula is C18H35O3Zn. The molecule has 0 saturated heterocycles. The first-order valence-corrected chi connectivity index (χ1v) is 11.0. The molecule has 0 bridgehead atoms. The number of hydrogen-bond donors (Lipinski definition) is 2. The summed E-state index contributed by atoms with van der Waals surface area (Å²) in [6.07, 6.45) is 15.2. The standard InChI is InChI=1S/C18H35O3.Zn/c1-2-3-4-11-14-17(19)15-12-9-7-5-6-8-10-13-16-18(20)21;/h9,17,19H,2-8,10-16H2,1H3,(H,20,21);. The molecule has 127 valence electrons. The van der Waals surface area contributed by atoms with Gasteiger partial charge in [0, 0.05) is 0 Å². The van der Waals surface area contributed by atoms with Gasteiger partial charge in [-0.05, 0) is 0 Å². The van der Waals surface area contributed by atoms with Crippen molar-refractivity contribution in [2.45, 2.75) is 107 Å². The van der Waals surface area contributed by atoms with E-state index in [0.29, 0.717) is 6.42 Å². The van der Waals surface area contributed by atoms with E-state index in [4.69, 9.17) is 5.11 Å². The monoisotopic (exact) mass is 363 g/mol. The van der Waals surface area contributed by atoms with Crippen LogP contribution in [0.2, 0.25) is 4.51 Å². The van der Waals surface area contributed by atoms with E-state index >= 15 is 0 Å². The summed E-state index contributed by atoms with van der Waals surface area (Å²) in [7, 11) is 0. The molecule has 4 heteroatoms.